The number of carbonyl (C=O) groups is 3. The second-order valence-corrected chi connectivity index (χ2v) is 10.6. The largest absolute Gasteiger partial charge is 0.451 e. The average Bonchev–Trinajstić information content (AvgIpc) is 3.65. The van der Waals surface area contributed by atoms with Crippen molar-refractivity contribution in [3.8, 4) is 11.3 Å². The Hall–Kier alpha value is -4.37. The van der Waals surface area contributed by atoms with Gasteiger partial charge in [-0.2, -0.15) is 0 Å². The summed E-state index contributed by atoms with van der Waals surface area (Å²) in [5, 5.41) is 9.58. The Kier molecular flexibility index (Phi) is 8.84. The molecule has 214 valence electrons. The summed E-state index contributed by atoms with van der Waals surface area (Å²) in [6.07, 6.45) is 5.00. The van der Waals surface area contributed by atoms with Crippen molar-refractivity contribution in [2.75, 3.05) is 19.0 Å². The highest BCUT2D eigenvalue weighted by Crippen LogP contribution is 2.28. The van der Waals surface area contributed by atoms with Crippen LogP contribution in [0.3, 0.4) is 0 Å². The number of furan rings is 2. The third kappa shape index (κ3) is 6.86. The van der Waals surface area contributed by atoms with Gasteiger partial charge in [-0.3, -0.25) is 14.4 Å². The molecule has 2 atom stereocenters. The molecule has 9 heteroatoms. The topological polar surface area (TPSA) is 123 Å². The van der Waals surface area contributed by atoms with Gasteiger partial charge in [-0.15, -0.1) is 0 Å². The molecule has 2 aromatic carbocycles. The maximum atomic E-state index is 13.2. The first-order valence-electron chi connectivity index (χ1n) is 14.0. The fraction of sp³-hybridized carbons (Fsp3) is 0.344. The molecular weight excluding hydrogens is 522 g/mol. The van der Waals surface area contributed by atoms with Crippen molar-refractivity contribution in [1.29, 1.82) is 0 Å². The maximum Gasteiger partial charge on any atom is 0.291 e. The summed E-state index contributed by atoms with van der Waals surface area (Å²) in [5.74, 6) is -0.0694. The van der Waals surface area contributed by atoms with Crippen LogP contribution in [-0.4, -0.2) is 43.5 Å². The van der Waals surface area contributed by atoms with E-state index >= 15 is 0 Å². The second-order valence-electron chi connectivity index (χ2n) is 10.6. The van der Waals surface area contributed by atoms with Gasteiger partial charge in [0.25, 0.3) is 11.8 Å². The highest BCUT2D eigenvalue weighted by atomic mass is 16.5. The van der Waals surface area contributed by atoms with Gasteiger partial charge in [0.05, 0.1) is 6.61 Å². The van der Waals surface area contributed by atoms with Crippen LogP contribution >= 0.6 is 0 Å². The highest BCUT2D eigenvalue weighted by Gasteiger charge is 2.32. The molecular formula is C32H35N3O6. The Bertz CT molecular complexity index is 1470. The quantitative estimate of drug-likeness (QED) is 0.227. The molecule has 1 fully saturated rings. The summed E-state index contributed by atoms with van der Waals surface area (Å²) in [6.45, 7) is 2.26. The molecule has 0 radical (unpaired) electrons. The zero-order valence-corrected chi connectivity index (χ0v) is 23.3. The van der Waals surface area contributed by atoms with Crippen LogP contribution in [0.4, 0.5) is 5.69 Å². The molecule has 0 saturated heterocycles. The number of ether oxygens (including phenoxy) is 1. The van der Waals surface area contributed by atoms with Gasteiger partial charge in [-0.05, 0) is 74.2 Å². The highest BCUT2D eigenvalue weighted by molar-refractivity contribution is 6.04. The Morgan fingerprint density at radius 1 is 0.878 bits per heavy atom. The Labute approximate surface area is 238 Å². The van der Waals surface area contributed by atoms with E-state index in [9.17, 15) is 14.4 Å². The van der Waals surface area contributed by atoms with Crippen molar-refractivity contribution in [1.82, 2.24) is 10.6 Å². The van der Waals surface area contributed by atoms with E-state index in [1.807, 2.05) is 31.2 Å². The van der Waals surface area contributed by atoms with E-state index in [-0.39, 0.29) is 35.3 Å². The van der Waals surface area contributed by atoms with Crippen LogP contribution in [-0.2, 0) is 9.53 Å². The molecule has 3 amide bonds. The standard InChI is InChI=1S/C32H35N3O6/c1-20(19-39-2)33-32(38)29(22-8-4-3-5-9-22)35-30(36)27-17-16-26(40-27)21-12-14-24(15-13-21)34-31(37)28-18-23-10-6-7-11-25(23)41-28/h6-7,10-18,20,22,29H,3-5,8-9,19H2,1-2H3,(H,33,38)(H,34,37)(H,35,36)/t20?,29-/m0/s1. The van der Waals surface area contributed by atoms with Crippen LogP contribution < -0.4 is 16.0 Å². The normalized spacial score (nSPS) is 15.3. The number of fused-ring (bicyclic) bond motifs is 1. The number of nitrogens with one attached hydrogen (secondary N) is 3. The van der Waals surface area contributed by atoms with Crippen LogP contribution in [0.1, 0.15) is 60.1 Å². The fourth-order valence-electron chi connectivity index (χ4n) is 5.32. The fourth-order valence-corrected chi connectivity index (χ4v) is 5.32. The molecule has 1 unspecified atom stereocenters. The van der Waals surface area contributed by atoms with Gasteiger partial charge in [0, 0.05) is 29.8 Å². The summed E-state index contributed by atoms with van der Waals surface area (Å²) in [7, 11) is 1.59. The predicted molar refractivity (Wildman–Crippen MR) is 156 cm³/mol. The lowest BCUT2D eigenvalue weighted by Gasteiger charge is -2.30. The van der Waals surface area contributed by atoms with E-state index in [1.165, 1.54) is 0 Å². The molecule has 0 bridgehead atoms. The second kappa shape index (κ2) is 12.9. The number of methoxy groups -OCH3 is 1. The number of rotatable bonds is 10. The third-order valence-corrected chi connectivity index (χ3v) is 7.40. The SMILES string of the molecule is COCC(C)NC(=O)[C@@H](NC(=O)c1ccc(-c2ccc(NC(=O)c3cc4ccccc4o3)cc2)o1)C1CCCCC1. The maximum absolute atomic E-state index is 13.2. The van der Waals surface area contributed by atoms with Crippen molar-refractivity contribution in [3.63, 3.8) is 0 Å². The minimum Gasteiger partial charge on any atom is -0.451 e. The van der Waals surface area contributed by atoms with E-state index in [1.54, 1.807) is 49.6 Å². The minimum absolute atomic E-state index is 0.0687. The van der Waals surface area contributed by atoms with E-state index < -0.39 is 11.9 Å². The van der Waals surface area contributed by atoms with Crippen LogP contribution in [0.25, 0.3) is 22.3 Å². The molecule has 1 aliphatic carbocycles. The monoisotopic (exact) mass is 557 g/mol. The predicted octanol–water partition coefficient (Wildman–Crippen LogP) is 5.77. The van der Waals surface area contributed by atoms with Crippen molar-refractivity contribution in [3.05, 3.63) is 78.3 Å². The van der Waals surface area contributed by atoms with Crippen LogP contribution in [0.2, 0.25) is 0 Å². The van der Waals surface area contributed by atoms with E-state index in [4.69, 9.17) is 13.6 Å². The van der Waals surface area contributed by atoms with Crippen LogP contribution in [0.5, 0.6) is 0 Å². The van der Waals surface area contributed by atoms with Crippen molar-refractivity contribution >= 4 is 34.4 Å². The Morgan fingerprint density at radius 3 is 2.37 bits per heavy atom. The lowest BCUT2D eigenvalue weighted by atomic mass is 9.83. The molecule has 1 saturated carbocycles. The average molecular weight is 558 g/mol. The van der Waals surface area contributed by atoms with Gasteiger partial charge in [0.15, 0.2) is 11.5 Å². The minimum atomic E-state index is -0.648. The smallest absolute Gasteiger partial charge is 0.291 e. The number of anilines is 1. The number of benzene rings is 2. The Balaban J connectivity index is 1.23. The molecule has 5 rings (SSSR count). The van der Waals surface area contributed by atoms with Crippen LogP contribution in [0.15, 0.2) is 75.6 Å². The zero-order chi connectivity index (χ0) is 28.8. The lowest BCUT2D eigenvalue weighted by Crippen LogP contribution is -2.53. The Morgan fingerprint density at radius 2 is 1.63 bits per heavy atom. The number of hydrogen-bond acceptors (Lipinski definition) is 6. The van der Waals surface area contributed by atoms with Gasteiger partial charge in [-0.25, -0.2) is 0 Å². The van der Waals surface area contributed by atoms with Gasteiger partial charge in [0.1, 0.15) is 17.4 Å². The zero-order valence-electron chi connectivity index (χ0n) is 23.3. The number of para-hydroxylation sites is 1. The summed E-state index contributed by atoms with van der Waals surface area (Å²) >= 11 is 0. The number of hydrogen-bond donors (Lipinski definition) is 3. The van der Waals surface area contributed by atoms with Crippen molar-refractivity contribution in [2.24, 2.45) is 5.92 Å². The molecule has 41 heavy (non-hydrogen) atoms. The molecule has 0 aliphatic heterocycles. The molecule has 3 N–H and O–H groups in total. The summed E-state index contributed by atoms with van der Waals surface area (Å²) < 4.78 is 16.7. The molecule has 2 aromatic heterocycles. The van der Waals surface area contributed by atoms with Gasteiger partial charge >= 0.3 is 0 Å². The van der Waals surface area contributed by atoms with Crippen molar-refractivity contribution in [2.45, 2.75) is 51.1 Å². The van der Waals surface area contributed by atoms with E-state index in [0.717, 1.165) is 43.1 Å². The summed E-state index contributed by atoms with van der Waals surface area (Å²) in [5.41, 5.74) is 1.98. The number of carbonyl (C=O) groups excluding carboxylic acids is 3. The van der Waals surface area contributed by atoms with Gasteiger partial charge in [-0.1, -0.05) is 37.5 Å². The first-order chi connectivity index (χ1) is 19.9. The third-order valence-electron chi connectivity index (χ3n) is 7.40. The summed E-state index contributed by atoms with van der Waals surface area (Å²) in [6, 6.07) is 18.7. The van der Waals surface area contributed by atoms with Crippen molar-refractivity contribution < 1.29 is 28.0 Å². The summed E-state index contributed by atoms with van der Waals surface area (Å²) in [4.78, 5) is 38.9. The lowest BCUT2D eigenvalue weighted by molar-refractivity contribution is -0.125. The molecule has 0 spiro atoms. The molecule has 2 heterocycles. The molecule has 9 nitrogen and oxygen atoms in total. The van der Waals surface area contributed by atoms with E-state index in [0.29, 0.717) is 23.6 Å². The van der Waals surface area contributed by atoms with Crippen LogP contribution in [0, 0.1) is 5.92 Å². The van der Waals surface area contributed by atoms with E-state index in [2.05, 4.69) is 16.0 Å². The first kappa shape index (κ1) is 28.2. The van der Waals surface area contributed by atoms with Gasteiger partial charge < -0.3 is 29.5 Å². The number of amides is 3. The molecule has 4 aromatic rings. The van der Waals surface area contributed by atoms with Gasteiger partial charge in [0.2, 0.25) is 5.91 Å². The first-order valence-corrected chi connectivity index (χ1v) is 14.0. The molecule has 1 aliphatic rings.